The molecule has 1 N–H and O–H groups in total. The van der Waals surface area contributed by atoms with Crippen LogP contribution in [0.1, 0.15) is 24.1 Å². The third-order valence-corrected chi connectivity index (χ3v) is 3.22. The smallest absolute Gasteiger partial charge is 0.158 e. The minimum Gasteiger partial charge on any atom is -0.393 e. The molecule has 0 radical (unpaired) electrons. The van der Waals surface area contributed by atoms with Crippen LogP contribution in [0.2, 0.25) is 0 Å². The maximum atomic E-state index is 11.9. The molecular weight excluding hydrogens is 260 g/mol. The number of benzene rings is 1. The highest BCUT2D eigenvalue weighted by Gasteiger charge is 2.14. The summed E-state index contributed by atoms with van der Waals surface area (Å²) in [7, 11) is 0. The average molecular weight is 277 g/mol. The predicted octanol–water partition coefficient (Wildman–Crippen LogP) is 3.29. The van der Waals surface area contributed by atoms with E-state index in [4.69, 9.17) is 0 Å². The summed E-state index contributed by atoms with van der Waals surface area (Å²) in [6.07, 6.45) is 5.45. The van der Waals surface area contributed by atoms with Crippen molar-refractivity contribution in [3.63, 3.8) is 0 Å². The number of pyridine rings is 1. The largest absolute Gasteiger partial charge is 0.393 e. The van der Waals surface area contributed by atoms with Gasteiger partial charge in [-0.05, 0) is 43.0 Å². The highest BCUT2D eigenvalue weighted by Crippen LogP contribution is 2.18. The zero-order valence-corrected chi connectivity index (χ0v) is 11.1. The topological polar surface area (TPSA) is 33.1 Å². The second-order valence-corrected chi connectivity index (χ2v) is 4.77. The number of hydrogen-bond acceptors (Lipinski definition) is 2. The number of nitrogens with zero attached hydrogens (tertiary/aromatic N) is 1. The van der Waals surface area contributed by atoms with Crippen molar-refractivity contribution in [3.8, 4) is 0 Å². The van der Waals surface area contributed by atoms with Crippen molar-refractivity contribution < 1.29 is 13.9 Å². The van der Waals surface area contributed by atoms with Gasteiger partial charge in [0.2, 0.25) is 0 Å². The van der Waals surface area contributed by atoms with Crippen molar-refractivity contribution in [1.29, 1.82) is 0 Å². The maximum absolute atomic E-state index is 11.9. The van der Waals surface area contributed by atoms with Crippen molar-refractivity contribution in [3.05, 3.63) is 65.5 Å². The lowest BCUT2D eigenvalue weighted by atomic mass is 10.1. The number of aliphatic hydroxyl groups is 1. The fourth-order valence-electron chi connectivity index (χ4n) is 2.18. The lowest BCUT2D eigenvalue weighted by Gasteiger charge is -2.05. The van der Waals surface area contributed by atoms with E-state index in [1.807, 2.05) is 12.3 Å². The first kappa shape index (κ1) is 14.6. The van der Waals surface area contributed by atoms with Crippen molar-refractivity contribution in [2.45, 2.75) is 31.8 Å². The van der Waals surface area contributed by atoms with Gasteiger partial charge in [0.25, 0.3) is 0 Å². The summed E-state index contributed by atoms with van der Waals surface area (Å²) >= 11 is 0. The molecule has 0 bridgehead atoms. The molecule has 1 aliphatic rings. The molecule has 1 aromatic carbocycles. The molecule has 4 heteroatoms. The molecule has 1 atom stereocenters. The van der Waals surface area contributed by atoms with E-state index in [1.54, 1.807) is 0 Å². The lowest BCUT2D eigenvalue weighted by molar-refractivity contribution is 0.165. The molecule has 0 amide bonds. The van der Waals surface area contributed by atoms with Gasteiger partial charge in [-0.15, -0.1) is 0 Å². The highest BCUT2D eigenvalue weighted by molar-refractivity contribution is 5.21. The van der Waals surface area contributed by atoms with Crippen molar-refractivity contribution in [2.24, 2.45) is 0 Å². The van der Waals surface area contributed by atoms with Crippen LogP contribution in [0.25, 0.3) is 0 Å². The van der Waals surface area contributed by atoms with E-state index in [9.17, 15) is 13.9 Å². The molecule has 0 aliphatic heterocycles. The Morgan fingerprint density at radius 3 is 2.40 bits per heavy atom. The zero-order valence-electron chi connectivity index (χ0n) is 11.1. The summed E-state index contributed by atoms with van der Waals surface area (Å²) in [5.41, 5.74) is 2.40. The summed E-state index contributed by atoms with van der Waals surface area (Å²) in [4.78, 5) is 4.30. The van der Waals surface area contributed by atoms with Gasteiger partial charge >= 0.3 is 0 Å². The van der Waals surface area contributed by atoms with Crippen molar-refractivity contribution >= 4 is 0 Å². The summed E-state index contributed by atoms with van der Waals surface area (Å²) < 4.78 is 23.9. The molecule has 1 unspecified atom stereocenters. The molecule has 2 nitrogen and oxygen atoms in total. The Labute approximate surface area is 117 Å². The van der Waals surface area contributed by atoms with Crippen LogP contribution >= 0.6 is 0 Å². The molecule has 106 valence electrons. The Kier molecular flexibility index (Phi) is 5.18. The normalized spacial score (nSPS) is 17.4. The van der Waals surface area contributed by atoms with Crippen LogP contribution in [0.3, 0.4) is 0 Å². The number of rotatable bonds is 0. The zero-order chi connectivity index (χ0) is 14.4. The second kappa shape index (κ2) is 7.10. The van der Waals surface area contributed by atoms with Crippen LogP contribution in [0.5, 0.6) is 0 Å². The summed E-state index contributed by atoms with van der Waals surface area (Å²) in [5, 5.41) is 9.51. The van der Waals surface area contributed by atoms with Crippen LogP contribution in [0.4, 0.5) is 8.78 Å². The fraction of sp³-hybridized carbons (Fsp3) is 0.312. The van der Waals surface area contributed by atoms with Gasteiger partial charge in [-0.1, -0.05) is 18.2 Å². The fourth-order valence-corrected chi connectivity index (χ4v) is 2.18. The van der Waals surface area contributed by atoms with Crippen LogP contribution in [0.15, 0.2) is 42.6 Å². The minimum absolute atomic E-state index is 0.157. The Morgan fingerprint density at radius 2 is 1.75 bits per heavy atom. The van der Waals surface area contributed by atoms with Gasteiger partial charge in [0.1, 0.15) is 0 Å². The quantitative estimate of drug-likeness (QED) is 0.750. The molecule has 0 spiro atoms. The number of aromatic nitrogens is 1. The number of fused-ring (bicyclic) bond motifs is 1. The van der Waals surface area contributed by atoms with E-state index in [0.717, 1.165) is 37.8 Å². The second-order valence-electron chi connectivity index (χ2n) is 4.77. The molecule has 1 aliphatic carbocycles. The lowest BCUT2D eigenvalue weighted by Crippen LogP contribution is -2.08. The first-order chi connectivity index (χ1) is 9.66. The molecule has 0 saturated heterocycles. The summed E-state index contributed by atoms with van der Waals surface area (Å²) in [6.45, 7) is 0. The number of aryl methyl sites for hydroxylation is 1. The van der Waals surface area contributed by atoms with Gasteiger partial charge in [0.15, 0.2) is 11.6 Å². The average Bonchev–Trinajstić information content (AvgIpc) is 2.63. The maximum Gasteiger partial charge on any atom is 0.158 e. The SMILES string of the molecule is Fc1ccccc1F.OC1CCCc2ncccc2C1. The Hall–Kier alpha value is -1.81. The first-order valence-corrected chi connectivity index (χ1v) is 6.67. The van der Waals surface area contributed by atoms with Gasteiger partial charge in [-0.25, -0.2) is 8.78 Å². The molecule has 3 rings (SSSR count). The van der Waals surface area contributed by atoms with Crippen LogP contribution in [0, 0.1) is 11.6 Å². The molecular formula is C16H17F2NO. The van der Waals surface area contributed by atoms with Gasteiger partial charge in [-0.3, -0.25) is 4.98 Å². The van der Waals surface area contributed by atoms with Crippen molar-refractivity contribution in [1.82, 2.24) is 4.98 Å². The number of halogens is 2. The number of hydrogen-bond donors (Lipinski definition) is 1. The van der Waals surface area contributed by atoms with Gasteiger partial charge in [-0.2, -0.15) is 0 Å². The van der Waals surface area contributed by atoms with Gasteiger partial charge in [0, 0.05) is 18.3 Å². The molecule has 0 fully saturated rings. The van der Waals surface area contributed by atoms with E-state index < -0.39 is 11.6 Å². The van der Waals surface area contributed by atoms with Crippen LogP contribution in [-0.4, -0.2) is 16.2 Å². The van der Waals surface area contributed by atoms with E-state index in [-0.39, 0.29) is 6.10 Å². The first-order valence-electron chi connectivity index (χ1n) is 6.67. The van der Waals surface area contributed by atoms with E-state index in [1.165, 1.54) is 23.4 Å². The van der Waals surface area contributed by atoms with Crippen LogP contribution < -0.4 is 0 Å². The van der Waals surface area contributed by atoms with Gasteiger partial charge in [0.05, 0.1) is 6.10 Å². The predicted molar refractivity (Wildman–Crippen MR) is 73.2 cm³/mol. The van der Waals surface area contributed by atoms with Gasteiger partial charge < -0.3 is 5.11 Å². The van der Waals surface area contributed by atoms with E-state index in [2.05, 4.69) is 11.1 Å². The third kappa shape index (κ3) is 4.10. The molecule has 1 heterocycles. The Bertz CT molecular complexity index is 539. The minimum atomic E-state index is -0.799. The molecule has 1 aromatic heterocycles. The highest BCUT2D eigenvalue weighted by atomic mass is 19.2. The Morgan fingerprint density at radius 1 is 1.05 bits per heavy atom. The van der Waals surface area contributed by atoms with Crippen molar-refractivity contribution in [2.75, 3.05) is 0 Å². The summed E-state index contributed by atoms with van der Waals surface area (Å²) in [5.74, 6) is -1.60. The monoisotopic (exact) mass is 277 g/mol. The standard InChI is InChI=1S/C10H13NO.C6H4F2/c12-9-4-1-5-10-8(7-9)3-2-6-11-10;7-5-3-1-2-4-6(5)8/h2-3,6,9,12H,1,4-5,7H2;1-4H. The van der Waals surface area contributed by atoms with E-state index >= 15 is 0 Å². The Balaban J connectivity index is 0.000000160. The number of aliphatic hydroxyl groups excluding tert-OH is 1. The van der Waals surface area contributed by atoms with E-state index in [0.29, 0.717) is 0 Å². The molecule has 2 aromatic rings. The molecule has 0 saturated carbocycles. The summed E-state index contributed by atoms with van der Waals surface area (Å²) in [6, 6.07) is 9.05. The molecule has 20 heavy (non-hydrogen) atoms. The van der Waals surface area contributed by atoms with Crippen LogP contribution in [-0.2, 0) is 12.8 Å². The third-order valence-electron chi connectivity index (χ3n) is 3.22.